The second kappa shape index (κ2) is 8.46. The zero-order valence-electron chi connectivity index (χ0n) is 17.2. The first-order valence-electron chi connectivity index (χ1n) is 10.2. The Hall–Kier alpha value is -2.53. The van der Waals surface area contributed by atoms with E-state index < -0.39 is 0 Å². The average molecular weight is 406 g/mol. The molecule has 1 aliphatic carbocycles. The maximum atomic E-state index is 12.7. The third kappa shape index (κ3) is 4.40. The van der Waals surface area contributed by atoms with E-state index in [4.69, 9.17) is 0 Å². The number of anilines is 1. The van der Waals surface area contributed by atoms with Gasteiger partial charge in [0.2, 0.25) is 5.91 Å². The molecule has 0 saturated heterocycles. The lowest BCUT2D eigenvalue weighted by Crippen LogP contribution is -2.17. The molecule has 1 amide bonds. The minimum absolute atomic E-state index is 0.0119. The second-order valence-electron chi connectivity index (χ2n) is 7.92. The number of hydrogen-bond acceptors (Lipinski definition) is 3. The molecule has 5 heteroatoms. The number of amides is 1. The van der Waals surface area contributed by atoms with Gasteiger partial charge in [-0.05, 0) is 42.4 Å². The zero-order chi connectivity index (χ0) is 20.4. The summed E-state index contributed by atoms with van der Waals surface area (Å²) in [5.74, 6) is 0.724. The Kier molecular flexibility index (Phi) is 5.76. The summed E-state index contributed by atoms with van der Waals surface area (Å²) in [5.41, 5.74) is 5.53. The first kappa shape index (κ1) is 19.8. The molecule has 1 aromatic heterocycles. The van der Waals surface area contributed by atoms with Gasteiger partial charge in [-0.15, -0.1) is 0 Å². The van der Waals surface area contributed by atoms with E-state index in [1.807, 2.05) is 43.5 Å². The van der Waals surface area contributed by atoms with Gasteiger partial charge in [0.15, 0.2) is 5.16 Å². The molecule has 4 nitrogen and oxygen atoms in total. The van der Waals surface area contributed by atoms with Crippen LogP contribution in [0.15, 0.2) is 59.9 Å². The molecule has 0 spiro atoms. The Labute approximate surface area is 176 Å². The average Bonchev–Trinajstić information content (AvgIpc) is 3.47. The maximum Gasteiger partial charge on any atom is 0.234 e. The number of nitrogens with one attached hydrogen (secondary N) is 1. The molecule has 3 aromatic rings. The molecule has 1 N–H and O–H groups in total. The maximum absolute atomic E-state index is 12.7. The molecule has 4 rings (SSSR count). The molecular formula is C24H27N3OS. The number of nitrogens with zero attached hydrogens (tertiary/aromatic N) is 2. The summed E-state index contributed by atoms with van der Waals surface area (Å²) in [6, 6.07) is 17.0. The minimum Gasteiger partial charge on any atom is -0.325 e. The Morgan fingerprint density at radius 2 is 1.93 bits per heavy atom. The van der Waals surface area contributed by atoms with Gasteiger partial charge in [0, 0.05) is 11.7 Å². The van der Waals surface area contributed by atoms with E-state index in [-0.39, 0.29) is 5.91 Å². The van der Waals surface area contributed by atoms with Crippen LogP contribution in [0.1, 0.15) is 49.8 Å². The van der Waals surface area contributed by atoms with Crippen LogP contribution in [0.25, 0.3) is 11.3 Å². The van der Waals surface area contributed by atoms with Crippen LogP contribution in [0.4, 0.5) is 5.69 Å². The van der Waals surface area contributed by atoms with E-state index in [1.54, 1.807) is 0 Å². The fourth-order valence-electron chi connectivity index (χ4n) is 3.61. The largest absolute Gasteiger partial charge is 0.325 e. The van der Waals surface area contributed by atoms with Crippen molar-refractivity contribution in [3.05, 3.63) is 65.9 Å². The summed E-state index contributed by atoms with van der Waals surface area (Å²) < 4.78 is 2.31. The predicted molar refractivity (Wildman–Crippen MR) is 121 cm³/mol. The number of carbonyl (C=O) groups is 1. The Bertz CT molecular complexity index is 1010. The van der Waals surface area contributed by atoms with Crippen molar-refractivity contribution >= 4 is 23.4 Å². The third-order valence-corrected chi connectivity index (χ3v) is 6.24. The first-order valence-corrected chi connectivity index (χ1v) is 11.2. The van der Waals surface area contributed by atoms with Crippen LogP contribution in [-0.2, 0) is 4.79 Å². The molecule has 29 heavy (non-hydrogen) atoms. The Morgan fingerprint density at radius 1 is 1.17 bits per heavy atom. The number of hydrogen-bond donors (Lipinski definition) is 1. The molecule has 0 unspecified atom stereocenters. The van der Waals surface area contributed by atoms with Gasteiger partial charge < -0.3 is 9.88 Å². The number of aromatic nitrogens is 2. The van der Waals surface area contributed by atoms with E-state index >= 15 is 0 Å². The van der Waals surface area contributed by atoms with Gasteiger partial charge in [0.25, 0.3) is 0 Å². The quantitative estimate of drug-likeness (QED) is 0.487. The first-order chi connectivity index (χ1) is 14.0. The molecular weight excluding hydrogens is 378 g/mol. The summed E-state index contributed by atoms with van der Waals surface area (Å²) in [6.07, 6.45) is 4.29. The predicted octanol–water partition coefficient (Wildman–Crippen LogP) is 6.05. The van der Waals surface area contributed by atoms with Crippen LogP contribution < -0.4 is 5.32 Å². The normalized spacial score (nSPS) is 13.7. The van der Waals surface area contributed by atoms with Crippen LogP contribution in [0.2, 0.25) is 0 Å². The number of imidazole rings is 1. The molecule has 0 radical (unpaired) electrons. The smallest absolute Gasteiger partial charge is 0.234 e. The highest BCUT2D eigenvalue weighted by Crippen LogP contribution is 2.42. The van der Waals surface area contributed by atoms with Crippen molar-refractivity contribution < 1.29 is 4.79 Å². The molecule has 1 heterocycles. The molecule has 1 aliphatic rings. The summed E-state index contributed by atoms with van der Waals surface area (Å²) in [5, 5.41) is 4.06. The zero-order valence-corrected chi connectivity index (χ0v) is 18.0. The van der Waals surface area contributed by atoms with Gasteiger partial charge in [-0.1, -0.05) is 74.1 Å². The fraction of sp³-hybridized carbons (Fsp3) is 0.333. The van der Waals surface area contributed by atoms with Gasteiger partial charge >= 0.3 is 0 Å². The van der Waals surface area contributed by atoms with Crippen molar-refractivity contribution in [2.24, 2.45) is 0 Å². The Morgan fingerprint density at radius 3 is 2.62 bits per heavy atom. The van der Waals surface area contributed by atoms with Gasteiger partial charge in [0.05, 0.1) is 17.6 Å². The molecule has 150 valence electrons. The van der Waals surface area contributed by atoms with Gasteiger partial charge in [0.1, 0.15) is 0 Å². The van der Waals surface area contributed by atoms with Crippen molar-refractivity contribution in [2.75, 3.05) is 11.1 Å². The van der Waals surface area contributed by atoms with Crippen LogP contribution in [0, 0.1) is 6.92 Å². The van der Waals surface area contributed by atoms with Gasteiger partial charge in [-0.3, -0.25) is 4.79 Å². The van der Waals surface area contributed by atoms with Crippen LogP contribution in [0.5, 0.6) is 0 Å². The lowest BCUT2D eigenvalue weighted by atomic mass is 9.98. The number of benzene rings is 2. The monoisotopic (exact) mass is 405 g/mol. The molecule has 1 saturated carbocycles. The van der Waals surface area contributed by atoms with E-state index in [2.05, 4.69) is 46.9 Å². The highest BCUT2D eigenvalue weighted by atomic mass is 32.2. The van der Waals surface area contributed by atoms with Crippen LogP contribution >= 0.6 is 11.8 Å². The fourth-order valence-corrected chi connectivity index (χ4v) is 4.45. The van der Waals surface area contributed by atoms with E-state index in [0.717, 1.165) is 22.1 Å². The summed E-state index contributed by atoms with van der Waals surface area (Å²) in [7, 11) is 0. The van der Waals surface area contributed by atoms with Gasteiger partial charge in [-0.25, -0.2) is 4.98 Å². The van der Waals surface area contributed by atoms with E-state index in [9.17, 15) is 4.79 Å². The van der Waals surface area contributed by atoms with Crippen LogP contribution in [0.3, 0.4) is 0 Å². The van der Waals surface area contributed by atoms with E-state index in [1.165, 1.54) is 35.7 Å². The lowest BCUT2D eigenvalue weighted by Gasteiger charge is -2.16. The number of aryl methyl sites for hydroxylation is 1. The molecule has 2 aromatic carbocycles. The van der Waals surface area contributed by atoms with Crippen molar-refractivity contribution in [3.63, 3.8) is 0 Å². The van der Waals surface area contributed by atoms with Crippen molar-refractivity contribution in [3.8, 4) is 11.3 Å². The molecule has 0 aliphatic heterocycles. The highest BCUT2D eigenvalue weighted by Gasteiger charge is 2.29. The van der Waals surface area contributed by atoms with E-state index in [0.29, 0.717) is 17.7 Å². The second-order valence-corrected chi connectivity index (χ2v) is 8.87. The van der Waals surface area contributed by atoms with Crippen molar-refractivity contribution in [1.82, 2.24) is 9.55 Å². The minimum atomic E-state index is 0.0119. The number of rotatable bonds is 7. The summed E-state index contributed by atoms with van der Waals surface area (Å²) in [6.45, 7) is 6.34. The number of para-hydroxylation sites is 1. The molecule has 0 bridgehead atoms. The van der Waals surface area contributed by atoms with Gasteiger partial charge in [-0.2, -0.15) is 0 Å². The SMILES string of the molecule is Cc1cccc(C(C)C)c1NC(=O)CSc1ncc(-c2ccccc2)n1C1CC1. The number of thioether (sulfide) groups is 1. The van der Waals surface area contributed by atoms with Crippen molar-refractivity contribution in [1.29, 1.82) is 0 Å². The number of carbonyl (C=O) groups excluding carboxylic acids is 1. The lowest BCUT2D eigenvalue weighted by molar-refractivity contribution is -0.113. The molecule has 0 atom stereocenters. The summed E-state index contributed by atoms with van der Waals surface area (Å²) >= 11 is 1.52. The topological polar surface area (TPSA) is 46.9 Å². The third-order valence-electron chi connectivity index (χ3n) is 5.27. The standard InChI is InChI=1S/C24H27N3OS/c1-16(2)20-11-7-8-17(3)23(20)26-22(28)15-29-24-25-14-21(27(24)19-12-13-19)18-9-5-4-6-10-18/h4-11,14,16,19H,12-13,15H2,1-3H3,(H,26,28). The van der Waals surface area contributed by atoms with Crippen molar-refractivity contribution in [2.45, 2.75) is 50.7 Å². The van der Waals surface area contributed by atoms with Crippen LogP contribution in [-0.4, -0.2) is 21.2 Å². The highest BCUT2D eigenvalue weighted by molar-refractivity contribution is 7.99. The Balaban J connectivity index is 1.49. The summed E-state index contributed by atoms with van der Waals surface area (Å²) in [4.78, 5) is 17.4. The molecule has 1 fully saturated rings.